The molecule has 4 aliphatic rings. The van der Waals surface area contributed by atoms with Crippen LogP contribution >= 0.6 is 0 Å². The number of aryl methyl sites for hydroxylation is 1. The number of fused-ring (bicyclic) bond motifs is 1. The summed E-state index contributed by atoms with van der Waals surface area (Å²) in [6.45, 7) is 4.40. The van der Waals surface area contributed by atoms with Crippen LogP contribution in [0, 0.1) is 11.8 Å². The molecule has 188 valence electrons. The fraction of sp³-hybridized carbons (Fsp3) is 0.583. The number of imide groups is 1. The van der Waals surface area contributed by atoms with Crippen LogP contribution in [0.5, 0.6) is 0 Å². The molecule has 2 fully saturated rings. The fourth-order valence-electron chi connectivity index (χ4n) is 4.97. The molecule has 1 N–H and O–H groups in total. The Bertz CT molecular complexity index is 1250. The third kappa shape index (κ3) is 4.89. The highest BCUT2D eigenvalue weighted by atomic mass is 32.2. The Morgan fingerprint density at radius 1 is 1.17 bits per heavy atom. The molecule has 0 aromatic carbocycles. The van der Waals surface area contributed by atoms with Crippen molar-refractivity contribution in [3.8, 4) is 0 Å². The number of aromatic nitrogens is 2. The topological polar surface area (TPSA) is 108 Å². The van der Waals surface area contributed by atoms with E-state index in [1.807, 2.05) is 6.92 Å². The van der Waals surface area contributed by atoms with Crippen molar-refractivity contribution in [3.05, 3.63) is 41.1 Å². The number of hydrogen-bond acceptors (Lipinski definition) is 6. The summed E-state index contributed by atoms with van der Waals surface area (Å²) >= 11 is 0. The maximum Gasteiger partial charge on any atom is 0.501 e. The Labute approximate surface area is 206 Å². The lowest BCUT2D eigenvalue weighted by molar-refractivity contribution is -0.450. The summed E-state index contributed by atoms with van der Waals surface area (Å²) in [5.41, 5.74) is 0.873. The van der Waals surface area contributed by atoms with Gasteiger partial charge in [-0.3, -0.25) is 4.68 Å². The van der Waals surface area contributed by atoms with Crippen LogP contribution in [-0.2, 0) is 28.4 Å². The van der Waals surface area contributed by atoms with Gasteiger partial charge in [-0.1, -0.05) is 0 Å². The molecule has 3 amide bonds. The van der Waals surface area contributed by atoms with Gasteiger partial charge in [0.15, 0.2) is 0 Å². The lowest BCUT2D eigenvalue weighted by atomic mass is 9.92. The molecule has 1 saturated carbocycles. The first-order valence-electron chi connectivity index (χ1n) is 12.1. The monoisotopic (exact) mass is 501 g/mol. The Morgan fingerprint density at radius 2 is 1.89 bits per heavy atom. The summed E-state index contributed by atoms with van der Waals surface area (Å²) in [7, 11) is 0.0980. The van der Waals surface area contributed by atoms with Gasteiger partial charge in [0.25, 0.3) is 0 Å². The fourth-order valence-corrected chi connectivity index (χ4v) is 6.50. The molecule has 10 nitrogen and oxygen atoms in total. The number of nitrogens with zero attached hydrogens (tertiary/aromatic N) is 5. The highest BCUT2D eigenvalue weighted by molar-refractivity contribution is 7.93. The van der Waals surface area contributed by atoms with Crippen molar-refractivity contribution in [2.75, 3.05) is 26.7 Å². The first-order chi connectivity index (χ1) is 16.5. The summed E-state index contributed by atoms with van der Waals surface area (Å²) in [6, 6.07) is -0.364. The van der Waals surface area contributed by atoms with E-state index >= 15 is 0 Å². The van der Waals surface area contributed by atoms with Crippen molar-refractivity contribution in [2.45, 2.75) is 44.7 Å². The number of piperidine rings is 1. The average Bonchev–Trinajstić information content (AvgIpc) is 3.38. The minimum absolute atomic E-state index is 0.0719. The van der Waals surface area contributed by atoms with Crippen molar-refractivity contribution in [3.63, 3.8) is 0 Å². The van der Waals surface area contributed by atoms with Crippen molar-refractivity contribution >= 4 is 27.7 Å². The number of rotatable bonds is 7. The normalized spacial score (nSPS) is 25.2. The average molecular weight is 502 g/mol. The van der Waals surface area contributed by atoms with E-state index in [0.717, 1.165) is 44.3 Å². The summed E-state index contributed by atoms with van der Waals surface area (Å²) < 4.78 is 32.1. The van der Waals surface area contributed by atoms with Crippen molar-refractivity contribution in [1.82, 2.24) is 24.3 Å². The van der Waals surface area contributed by atoms with E-state index in [1.54, 1.807) is 34.8 Å². The number of likely N-dealkylation sites (tertiary alicyclic amines) is 1. The highest BCUT2D eigenvalue weighted by Crippen LogP contribution is 2.36. The van der Waals surface area contributed by atoms with E-state index in [0.29, 0.717) is 18.2 Å². The van der Waals surface area contributed by atoms with Crippen LogP contribution in [0.3, 0.4) is 0 Å². The molecule has 1 unspecified atom stereocenters. The van der Waals surface area contributed by atoms with Crippen LogP contribution in [0.4, 0.5) is 4.79 Å². The molecule has 2 aliphatic heterocycles. The molecule has 1 atom stereocenters. The number of amides is 3. The minimum Gasteiger partial charge on any atom is -0.306 e. The maximum absolute atomic E-state index is 13.6. The number of hydrogen-bond donors (Lipinski definition) is 1. The molecule has 11 heteroatoms. The second-order valence-electron chi connectivity index (χ2n) is 10.6. The molecule has 0 bridgehead atoms. The number of urea groups is 1. The number of nitrogens with one attached hydrogen (secondary N) is 1. The smallest absolute Gasteiger partial charge is 0.306 e. The van der Waals surface area contributed by atoms with Gasteiger partial charge in [-0.2, -0.15) is 19.4 Å². The standard InChI is InChI=1S/C24H33N6O4S/c1-24(8-9-24)26-35(33,34)19-4-5-21-20(12-19)22(31)30(16-18-13-25-28(3)14-18)23(32)29(21)15-17-6-10-27(2)11-7-17/h4-5,12-14,17,20,26H,6-11,15-16H2,1-3H3/q+1. The van der Waals surface area contributed by atoms with Crippen LogP contribution in [0.1, 0.15) is 38.2 Å². The molecule has 1 aromatic rings. The number of allylic oxidation sites excluding steroid dienone is 2. The first kappa shape index (κ1) is 24.1. The number of sulfonamides is 1. The lowest BCUT2D eigenvalue weighted by Gasteiger charge is -2.32. The molecule has 1 saturated heterocycles. The van der Waals surface area contributed by atoms with E-state index in [-0.39, 0.29) is 17.5 Å². The summed E-state index contributed by atoms with van der Waals surface area (Å²) in [5, 5.41) is 4.15. The second-order valence-corrected chi connectivity index (χ2v) is 12.2. The predicted octanol–water partition coefficient (Wildman–Crippen LogP) is 1.22. The van der Waals surface area contributed by atoms with Gasteiger partial charge in [0.2, 0.25) is 10.0 Å². The SMILES string of the molecule is CN1CCC(C[N+]2=C3C=CC(S(=O)(=O)NC4(C)CC4)=CC3C(=O)N(Cc3cnn(C)c3)C2=O)CC1. The van der Waals surface area contributed by atoms with Gasteiger partial charge in [-0.25, -0.2) is 17.9 Å². The predicted molar refractivity (Wildman–Crippen MR) is 130 cm³/mol. The zero-order valence-electron chi connectivity index (χ0n) is 20.5. The molecule has 3 heterocycles. The zero-order valence-corrected chi connectivity index (χ0v) is 21.3. The third-order valence-corrected chi connectivity index (χ3v) is 9.10. The first-order valence-corrected chi connectivity index (χ1v) is 13.6. The molecule has 0 spiro atoms. The third-order valence-electron chi connectivity index (χ3n) is 7.44. The van der Waals surface area contributed by atoms with E-state index in [1.165, 1.54) is 17.1 Å². The maximum atomic E-state index is 13.6. The van der Waals surface area contributed by atoms with Crippen LogP contribution in [0.25, 0.3) is 0 Å². The van der Waals surface area contributed by atoms with Gasteiger partial charge in [-0.15, -0.1) is 0 Å². The van der Waals surface area contributed by atoms with Crippen LogP contribution < -0.4 is 4.72 Å². The van der Waals surface area contributed by atoms with Gasteiger partial charge >= 0.3 is 11.9 Å². The van der Waals surface area contributed by atoms with Crippen molar-refractivity contribution < 1.29 is 22.6 Å². The van der Waals surface area contributed by atoms with Gasteiger partial charge in [-0.05, 0) is 76.9 Å². The summed E-state index contributed by atoms with van der Waals surface area (Å²) in [6.07, 6.45) is 11.6. The van der Waals surface area contributed by atoms with E-state index < -0.39 is 27.4 Å². The molecule has 1 aromatic heterocycles. The molecule has 2 aliphatic carbocycles. The molecule has 5 rings (SSSR count). The lowest BCUT2D eigenvalue weighted by Crippen LogP contribution is -2.55. The summed E-state index contributed by atoms with van der Waals surface area (Å²) in [5.74, 6) is -0.932. The Kier molecular flexibility index (Phi) is 6.05. The van der Waals surface area contributed by atoms with E-state index in [4.69, 9.17) is 0 Å². The number of carbonyl (C=O) groups excluding carboxylic acids is 2. The zero-order chi connectivity index (χ0) is 25.0. The van der Waals surface area contributed by atoms with Crippen LogP contribution in [-0.4, -0.2) is 82.4 Å². The Morgan fingerprint density at radius 3 is 2.51 bits per heavy atom. The van der Waals surface area contributed by atoms with Gasteiger partial charge in [0.1, 0.15) is 18.2 Å². The highest BCUT2D eigenvalue weighted by Gasteiger charge is 2.49. The van der Waals surface area contributed by atoms with Gasteiger partial charge in [0.05, 0.1) is 17.6 Å². The summed E-state index contributed by atoms with van der Waals surface area (Å²) in [4.78, 5) is 30.7. The number of carbonyl (C=O) groups is 2. The van der Waals surface area contributed by atoms with Gasteiger partial charge < -0.3 is 4.90 Å². The molecular formula is C24H33N6O4S+. The van der Waals surface area contributed by atoms with E-state index in [9.17, 15) is 18.0 Å². The largest absolute Gasteiger partial charge is 0.501 e. The van der Waals surface area contributed by atoms with Crippen molar-refractivity contribution in [1.29, 1.82) is 0 Å². The van der Waals surface area contributed by atoms with Crippen LogP contribution in [0.15, 0.2) is 35.5 Å². The van der Waals surface area contributed by atoms with E-state index in [2.05, 4.69) is 21.8 Å². The molecule has 0 radical (unpaired) electrons. The van der Waals surface area contributed by atoms with Crippen molar-refractivity contribution in [2.24, 2.45) is 18.9 Å². The molecule has 35 heavy (non-hydrogen) atoms. The van der Waals surface area contributed by atoms with Crippen LogP contribution in [0.2, 0.25) is 0 Å². The minimum atomic E-state index is -3.77. The molecular weight excluding hydrogens is 468 g/mol. The van der Waals surface area contributed by atoms with Gasteiger partial charge in [0, 0.05) is 24.3 Å². The Hall–Kier alpha value is -2.63. The quantitative estimate of drug-likeness (QED) is 0.563. The second kappa shape index (κ2) is 8.79. The Balaban J connectivity index is 1.49.